The van der Waals surface area contributed by atoms with Crippen molar-refractivity contribution < 1.29 is 37.3 Å². The molecule has 1 saturated carbocycles. The van der Waals surface area contributed by atoms with E-state index < -0.39 is 24.4 Å². The molecule has 5 rings (SSSR count). The van der Waals surface area contributed by atoms with Gasteiger partial charge >= 0.3 is 12.3 Å². The molecule has 1 amide bonds. The van der Waals surface area contributed by atoms with Crippen molar-refractivity contribution in [1.29, 1.82) is 0 Å². The Labute approximate surface area is 219 Å². The first-order valence-corrected chi connectivity index (χ1v) is 13.0. The summed E-state index contributed by atoms with van der Waals surface area (Å²) < 4.78 is 49.5. The van der Waals surface area contributed by atoms with Crippen LogP contribution in [-0.4, -0.2) is 53.9 Å². The van der Waals surface area contributed by atoms with Crippen molar-refractivity contribution in [2.45, 2.75) is 75.9 Å². The number of fused-ring (bicyclic) bond motifs is 1. The minimum absolute atomic E-state index is 0.0729. The summed E-state index contributed by atoms with van der Waals surface area (Å²) >= 11 is 0. The number of carbonyl (C=O) groups is 2. The number of rotatable bonds is 7. The number of anilines is 1. The summed E-state index contributed by atoms with van der Waals surface area (Å²) in [5.41, 5.74) is 2.87. The quantitative estimate of drug-likeness (QED) is 0.524. The van der Waals surface area contributed by atoms with E-state index in [1.165, 1.54) is 6.07 Å². The third-order valence-corrected chi connectivity index (χ3v) is 7.98. The van der Waals surface area contributed by atoms with Crippen LogP contribution in [0.1, 0.15) is 61.1 Å². The zero-order valence-corrected chi connectivity index (χ0v) is 21.2. The molecule has 0 bridgehead atoms. The number of nitrogens with zero attached hydrogens (tertiary/aromatic N) is 2. The Morgan fingerprint density at radius 3 is 2.45 bits per heavy atom. The van der Waals surface area contributed by atoms with Gasteiger partial charge in [-0.3, -0.25) is 14.5 Å². The SMILES string of the molecule is CN1[C@H](C(=O)O)CC[C@H]1C(=O)N1CCc2cc(OCc3ccc(C4CCCC4)c(OC(F)(F)F)c3)ccc21. The lowest BCUT2D eigenvalue weighted by Gasteiger charge is -2.27. The van der Waals surface area contributed by atoms with Crippen LogP contribution in [0.2, 0.25) is 0 Å². The number of carboxylic acid groups (broad SMARTS) is 1. The number of likely N-dealkylation sites (N-methyl/N-ethyl adjacent to an activating group) is 1. The van der Waals surface area contributed by atoms with Crippen LogP contribution in [0.25, 0.3) is 0 Å². The molecule has 7 nitrogen and oxygen atoms in total. The lowest BCUT2D eigenvalue weighted by Crippen LogP contribution is -2.47. The van der Waals surface area contributed by atoms with Gasteiger partial charge in [0.1, 0.15) is 24.1 Å². The second kappa shape index (κ2) is 10.5. The molecule has 1 aliphatic carbocycles. The van der Waals surface area contributed by atoms with Gasteiger partial charge < -0.3 is 19.5 Å². The van der Waals surface area contributed by atoms with E-state index in [1.54, 1.807) is 41.1 Å². The van der Waals surface area contributed by atoms with Crippen LogP contribution in [0, 0.1) is 0 Å². The normalized spacial score (nSPS) is 22.1. The third-order valence-electron chi connectivity index (χ3n) is 7.98. The summed E-state index contributed by atoms with van der Waals surface area (Å²) in [5, 5.41) is 9.36. The van der Waals surface area contributed by atoms with E-state index >= 15 is 0 Å². The predicted octanol–water partition coefficient (Wildman–Crippen LogP) is 5.26. The molecule has 0 aromatic heterocycles. The summed E-state index contributed by atoms with van der Waals surface area (Å²) in [6.45, 7) is 0.574. The standard InChI is InChI=1S/C28H31F3N2O5/c1-32-23(10-11-24(32)27(35)36)26(34)33-13-12-19-15-20(7-9-22(19)33)37-16-17-6-8-21(18-4-2-3-5-18)25(14-17)38-28(29,30)31/h6-9,14-15,18,23-24H,2-5,10-13,16H2,1H3,(H,35,36)/t23-,24-/m0/s1. The molecule has 2 fully saturated rings. The van der Waals surface area contributed by atoms with Crippen LogP contribution in [0.4, 0.5) is 18.9 Å². The molecule has 2 aromatic carbocycles. The maximum absolute atomic E-state index is 13.2. The number of likely N-dealkylation sites (tertiary alicyclic amines) is 1. The second-order valence-corrected chi connectivity index (χ2v) is 10.3. The van der Waals surface area contributed by atoms with Gasteiger partial charge in [0.15, 0.2) is 0 Å². The van der Waals surface area contributed by atoms with E-state index in [0.717, 1.165) is 36.9 Å². The lowest BCUT2D eigenvalue weighted by molar-refractivity contribution is -0.275. The van der Waals surface area contributed by atoms with Gasteiger partial charge in [-0.1, -0.05) is 25.0 Å². The molecule has 3 aliphatic rings. The van der Waals surface area contributed by atoms with Crippen molar-refractivity contribution in [2.24, 2.45) is 0 Å². The molecule has 2 aromatic rings. The number of ether oxygens (including phenoxy) is 2. The summed E-state index contributed by atoms with van der Waals surface area (Å²) in [5.74, 6) is -0.556. The number of carboxylic acids is 1. The minimum Gasteiger partial charge on any atom is -0.489 e. The second-order valence-electron chi connectivity index (χ2n) is 10.3. The van der Waals surface area contributed by atoms with Crippen LogP contribution in [0.3, 0.4) is 0 Å². The first-order chi connectivity index (χ1) is 18.1. The van der Waals surface area contributed by atoms with Gasteiger partial charge in [0, 0.05) is 12.2 Å². The molecule has 10 heteroatoms. The monoisotopic (exact) mass is 532 g/mol. The molecule has 204 valence electrons. The molecule has 0 radical (unpaired) electrons. The average molecular weight is 533 g/mol. The van der Waals surface area contributed by atoms with E-state index in [1.807, 2.05) is 6.07 Å². The van der Waals surface area contributed by atoms with Crippen LogP contribution in [0.15, 0.2) is 36.4 Å². The fraction of sp³-hybridized carbons (Fsp3) is 0.500. The van der Waals surface area contributed by atoms with Crippen LogP contribution < -0.4 is 14.4 Å². The zero-order chi connectivity index (χ0) is 27.0. The van der Waals surface area contributed by atoms with Crippen molar-refractivity contribution in [2.75, 3.05) is 18.5 Å². The first-order valence-electron chi connectivity index (χ1n) is 13.0. The Kier molecular flexibility index (Phi) is 7.26. The smallest absolute Gasteiger partial charge is 0.489 e. The van der Waals surface area contributed by atoms with Gasteiger partial charge in [0.2, 0.25) is 5.91 Å². The summed E-state index contributed by atoms with van der Waals surface area (Å²) in [6.07, 6.45) is 0.525. The van der Waals surface area contributed by atoms with Crippen LogP contribution in [0.5, 0.6) is 11.5 Å². The molecule has 2 atom stereocenters. The summed E-state index contributed by atoms with van der Waals surface area (Å²) in [7, 11) is 1.67. The molecule has 1 N–H and O–H groups in total. The highest BCUT2D eigenvalue weighted by molar-refractivity contribution is 5.99. The number of hydrogen-bond donors (Lipinski definition) is 1. The molecule has 2 aliphatic heterocycles. The molecule has 1 saturated heterocycles. The van der Waals surface area contributed by atoms with Gasteiger partial charge in [0.25, 0.3) is 0 Å². The van der Waals surface area contributed by atoms with Crippen molar-refractivity contribution in [3.8, 4) is 11.5 Å². The number of aliphatic carboxylic acids is 1. The zero-order valence-electron chi connectivity index (χ0n) is 21.2. The Hall–Kier alpha value is -3.27. The lowest BCUT2D eigenvalue weighted by atomic mass is 9.95. The number of alkyl halides is 3. The number of halogens is 3. The fourth-order valence-electron chi connectivity index (χ4n) is 6.03. The van der Waals surface area contributed by atoms with Gasteiger partial charge in [0.05, 0.1) is 6.04 Å². The van der Waals surface area contributed by atoms with Crippen LogP contribution in [-0.2, 0) is 22.6 Å². The first kappa shape index (κ1) is 26.3. The maximum atomic E-state index is 13.2. The Bertz CT molecular complexity index is 1210. The number of amides is 1. The fourth-order valence-corrected chi connectivity index (χ4v) is 6.03. The molecular weight excluding hydrogens is 501 g/mol. The molecule has 0 unspecified atom stereocenters. The highest BCUT2D eigenvalue weighted by Gasteiger charge is 2.42. The van der Waals surface area contributed by atoms with E-state index in [9.17, 15) is 27.9 Å². The Morgan fingerprint density at radius 1 is 1.03 bits per heavy atom. The number of benzene rings is 2. The van der Waals surface area contributed by atoms with E-state index in [-0.39, 0.29) is 24.2 Å². The number of hydrogen-bond acceptors (Lipinski definition) is 5. The Morgan fingerprint density at radius 2 is 1.76 bits per heavy atom. The molecule has 38 heavy (non-hydrogen) atoms. The van der Waals surface area contributed by atoms with Gasteiger partial charge in [-0.15, -0.1) is 13.2 Å². The van der Waals surface area contributed by atoms with Gasteiger partial charge in [-0.25, -0.2) is 0 Å². The number of carbonyl (C=O) groups excluding carboxylic acids is 1. The maximum Gasteiger partial charge on any atom is 0.573 e. The topological polar surface area (TPSA) is 79.3 Å². The highest BCUT2D eigenvalue weighted by Crippen LogP contribution is 2.41. The molecule has 2 heterocycles. The largest absolute Gasteiger partial charge is 0.573 e. The summed E-state index contributed by atoms with van der Waals surface area (Å²) in [6, 6.07) is 9.18. The average Bonchev–Trinajstić information content (AvgIpc) is 3.61. The van der Waals surface area contributed by atoms with Crippen LogP contribution >= 0.6 is 0 Å². The van der Waals surface area contributed by atoms with Gasteiger partial charge in [-0.05, 0) is 86.0 Å². The Balaban J connectivity index is 1.26. The van der Waals surface area contributed by atoms with Gasteiger partial charge in [-0.2, -0.15) is 0 Å². The molecular formula is C28H31F3N2O5. The van der Waals surface area contributed by atoms with E-state index in [2.05, 4.69) is 4.74 Å². The minimum atomic E-state index is -4.77. The van der Waals surface area contributed by atoms with Crippen molar-refractivity contribution in [3.63, 3.8) is 0 Å². The van der Waals surface area contributed by atoms with E-state index in [4.69, 9.17) is 4.74 Å². The van der Waals surface area contributed by atoms with Crippen molar-refractivity contribution in [1.82, 2.24) is 4.90 Å². The summed E-state index contributed by atoms with van der Waals surface area (Å²) in [4.78, 5) is 28.0. The molecule has 0 spiro atoms. The predicted molar refractivity (Wildman–Crippen MR) is 133 cm³/mol. The van der Waals surface area contributed by atoms with E-state index in [0.29, 0.717) is 42.7 Å². The third kappa shape index (κ3) is 5.45. The van der Waals surface area contributed by atoms with Crippen molar-refractivity contribution >= 4 is 17.6 Å². The van der Waals surface area contributed by atoms with Crippen molar-refractivity contribution in [3.05, 3.63) is 53.1 Å². The highest BCUT2D eigenvalue weighted by atomic mass is 19.4.